The molecule has 0 radical (unpaired) electrons. The van der Waals surface area contributed by atoms with Crippen molar-refractivity contribution in [1.82, 2.24) is 9.97 Å². The molecule has 5 nitrogen and oxygen atoms in total. The van der Waals surface area contributed by atoms with Gasteiger partial charge in [-0.05, 0) is 37.1 Å². The van der Waals surface area contributed by atoms with Gasteiger partial charge in [0.2, 0.25) is 0 Å². The van der Waals surface area contributed by atoms with Gasteiger partial charge in [-0.15, -0.1) is 0 Å². The Morgan fingerprint density at radius 2 is 2.26 bits per heavy atom. The van der Waals surface area contributed by atoms with Crippen LogP contribution in [0.2, 0.25) is 0 Å². The Kier molecular flexibility index (Phi) is 4.77. The molecule has 0 aliphatic carbocycles. The molecule has 3 rings (SSSR count). The van der Waals surface area contributed by atoms with E-state index in [0.717, 1.165) is 41.9 Å². The predicted molar refractivity (Wildman–Crippen MR) is 94.5 cm³/mol. The van der Waals surface area contributed by atoms with E-state index in [1.807, 2.05) is 24.3 Å². The van der Waals surface area contributed by atoms with Gasteiger partial charge in [-0.25, -0.2) is 9.97 Å². The van der Waals surface area contributed by atoms with Crippen LogP contribution in [0.5, 0.6) is 0 Å². The summed E-state index contributed by atoms with van der Waals surface area (Å²) in [6, 6.07) is 10.5. The molecule has 1 unspecified atom stereocenters. The van der Waals surface area contributed by atoms with Gasteiger partial charge in [0.05, 0.1) is 11.3 Å². The lowest BCUT2D eigenvalue weighted by molar-refractivity contribution is 0.485. The second kappa shape index (κ2) is 6.97. The molecule has 2 heterocycles. The fraction of sp³-hybridized carbons (Fsp3) is 0.353. The molecular formula is C17H18BrN5. The zero-order chi connectivity index (χ0) is 16.2. The van der Waals surface area contributed by atoms with Crippen LogP contribution in [0.25, 0.3) is 0 Å². The molecule has 1 aromatic carbocycles. The maximum atomic E-state index is 9.40. The van der Waals surface area contributed by atoms with Crippen molar-refractivity contribution in [1.29, 1.82) is 5.26 Å². The Morgan fingerprint density at radius 1 is 1.39 bits per heavy atom. The second-order valence-corrected chi connectivity index (χ2v) is 6.61. The Morgan fingerprint density at radius 3 is 3.00 bits per heavy atom. The van der Waals surface area contributed by atoms with Gasteiger partial charge in [0, 0.05) is 36.8 Å². The number of hydrogen-bond acceptors (Lipinski definition) is 5. The van der Waals surface area contributed by atoms with Crippen LogP contribution in [0.1, 0.15) is 18.4 Å². The molecule has 0 saturated carbocycles. The fourth-order valence-corrected chi connectivity index (χ4v) is 3.40. The van der Waals surface area contributed by atoms with Crippen molar-refractivity contribution in [2.75, 3.05) is 29.9 Å². The maximum Gasteiger partial charge on any atom is 0.131 e. The summed E-state index contributed by atoms with van der Waals surface area (Å²) in [5, 5.41) is 9.40. The van der Waals surface area contributed by atoms with Gasteiger partial charge in [0.25, 0.3) is 0 Å². The van der Waals surface area contributed by atoms with Crippen LogP contribution >= 0.6 is 15.9 Å². The van der Waals surface area contributed by atoms with Crippen molar-refractivity contribution in [3.63, 3.8) is 0 Å². The van der Waals surface area contributed by atoms with E-state index in [9.17, 15) is 5.26 Å². The third-order valence-corrected chi connectivity index (χ3v) is 4.78. The maximum absolute atomic E-state index is 9.40. The fourth-order valence-electron chi connectivity index (χ4n) is 3.04. The SMILES string of the molecule is CN(c1ccncn1)C1CCCN(c2ccc(Br)cc2C#N)C1. The van der Waals surface area contributed by atoms with Crippen molar-refractivity contribution in [2.24, 2.45) is 0 Å². The van der Waals surface area contributed by atoms with E-state index in [-0.39, 0.29) is 0 Å². The monoisotopic (exact) mass is 371 g/mol. The minimum atomic E-state index is 0.369. The van der Waals surface area contributed by atoms with E-state index >= 15 is 0 Å². The standard InChI is InChI=1S/C17H18BrN5/c1-22(17-6-7-20-12-21-17)15-3-2-8-23(11-15)16-5-4-14(18)9-13(16)10-19/h4-7,9,12,15H,2-3,8,11H2,1H3. The number of aromatic nitrogens is 2. The Labute approximate surface area is 144 Å². The van der Waals surface area contributed by atoms with Crippen LogP contribution in [0.3, 0.4) is 0 Å². The van der Waals surface area contributed by atoms with E-state index in [4.69, 9.17) is 0 Å². The molecule has 2 aromatic rings. The van der Waals surface area contributed by atoms with Gasteiger partial charge in [-0.2, -0.15) is 5.26 Å². The molecule has 1 saturated heterocycles. The van der Waals surface area contributed by atoms with Crippen molar-refractivity contribution in [2.45, 2.75) is 18.9 Å². The van der Waals surface area contributed by atoms with Gasteiger partial charge < -0.3 is 9.80 Å². The van der Waals surface area contributed by atoms with Crippen molar-refractivity contribution in [3.8, 4) is 6.07 Å². The molecule has 0 N–H and O–H groups in total. The van der Waals surface area contributed by atoms with E-state index in [1.54, 1.807) is 12.5 Å². The highest BCUT2D eigenvalue weighted by Crippen LogP contribution is 2.28. The zero-order valence-corrected chi connectivity index (χ0v) is 14.6. The Hall–Kier alpha value is -2.13. The molecule has 0 spiro atoms. The average molecular weight is 372 g/mol. The van der Waals surface area contributed by atoms with Crippen LogP contribution in [-0.4, -0.2) is 36.1 Å². The van der Waals surface area contributed by atoms with E-state index in [0.29, 0.717) is 11.6 Å². The van der Waals surface area contributed by atoms with Gasteiger partial charge in [-0.1, -0.05) is 15.9 Å². The number of hydrogen-bond donors (Lipinski definition) is 0. The summed E-state index contributed by atoms with van der Waals surface area (Å²) in [6.07, 6.45) is 5.56. The van der Waals surface area contributed by atoms with E-state index in [1.165, 1.54) is 0 Å². The summed E-state index contributed by atoms with van der Waals surface area (Å²) in [5.74, 6) is 0.933. The van der Waals surface area contributed by atoms with Crippen molar-refractivity contribution >= 4 is 27.4 Å². The van der Waals surface area contributed by atoms with Crippen LogP contribution in [0.15, 0.2) is 41.3 Å². The first kappa shape index (κ1) is 15.8. The Bertz CT molecular complexity index is 713. The number of likely N-dealkylation sites (N-methyl/N-ethyl adjacent to an activating group) is 1. The lowest BCUT2D eigenvalue weighted by Gasteiger charge is -2.39. The molecular weight excluding hydrogens is 354 g/mol. The molecule has 0 amide bonds. The van der Waals surface area contributed by atoms with Crippen molar-refractivity contribution < 1.29 is 0 Å². The highest BCUT2D eigenvalue weighted by atomic mass is 79.9. The predicted octanol–water partition coefficient (Wildman–Crippen LogP) is 3.22. The molecule has 23 heavy (non-hydrogen) atoms. The first-order chi connectivity index (χ1) is 11.2. The number of rotatable bonds is 3. The number of nitrogens with zero attached hydrogens (tertiary/aromatic N) is 5. The number of piperidine rings is 1. The summed E-state index contributed by atoms with van der Waals surface area (Å²) in [6.45, 7) is 1.86. The molecule has 1 aliphatic heterocycles. The molecule has 1 fully saturated rings. The third-order valence-electron chi connectivity index (χ3n) is 4.29. The zero-order valence-electron chi connectivity index (χ0n) is 13.0. The van der Waals surface area contributed by atoms with E-state index < -0.39 is 0 Å². The average Bonchev–Trinajstić information content (AvgIpc) is 2.61. The number of nitriles is 1. The molecule has 0 bridgehead atoms. The molecule has 1 atom stereocenters. The minimum Gasteiger partial charge on any atom is -0.368 e. The van der Waals surface area contributed by atoms with Gasteiger partial charge in [0.15, 0.2) is 0 Å². The first-order valence-electron chi connectivity index (χ1n) is 7.62. The topological polar surface area (TPSA) is 56.1 Å². The molecule has 118 valence electrons. The quantitative estimate of drug-likeness (QED) is 0.828. The lowest BCUT2D eigenvalue weighted by Crippen LogP contribution is -2.47. The van der Waals surface area contributed by atoms with Crippen LogP contribution in [0, 0.1) is 11.3 Å². The lowest BCUT2D eigenvalue weighted by atomic mass is 10.0. The first-order valence-corrected chi connectivity index (χ1v) is 8.42. The van der Waals surface area contributed by atoms with Gasteiger partial charge in [0.1, 0.15) is 18.2 Å². The van der Waals surface area contributed by atoms with Gasteiger partial charge in [-0.3, -0.25) is 0 Å². The highest BCUT2D eigenvalue weighted by Gasteiger charge is 2.25. The summed E-state index contributed by atoms with van der Waals surface area (Å²) in [7, 11) is 2.07. The largest absolute Gasteiger partial charge is 0.368 e. The third kappa shape index (κ3) is 3.45. The normalized spacial score (nSPS) is 17.6. The van der Waals surface area contributed by atoms with Crippen molar-refractivity contribution in [3.05, 3.63) is 46.8 Å². The van der Waals surface area contributed by atoms with Crippen LogP contribution in [0.4, 0.5) is 11.5 Å². The second-order valence-electron chi connectivity index (χ2n) is 5.69. The number of benzene rings is 1. The van der Waals surface area contributed by atoms with Crippen LogP contribution in [-0.2, 0) is 0 Å². The summed E-state index contributed by atoms with van der Waals surface area (Å²) in [4.78, 5) is 12.8. The Balaban J connectivity index is 1.80. The molecule has 1 aromatic heterocycles. The molecule has 6 heteroatoms. The summed E-state index contributed by atoms with van der Waals surface area (Å²) >= 11 is 3.43. The molecule has 1 aliphatic rings. The smallest absolute Gasteiger partial charge is 0.131 e. The number of anilines is 2. The summed E-state index contributed by atoms with van der Waals surface area (Å²) in [5.41, 5.74) is 1.72. The van der Waals surface area contributed by atoms with Gasteiger partial charge >= 0.3 is 0 Å². The van der Waals surface area contributed by atoms with Crippen LogP contribution < -0.4 is 9.80 Å². The van der Waals surface area contributed by atoms with E-state index in [2.05, 4.69) is 48.8 Å². The minimum absolute atomic E-state index is 0.369. The number of halogens is 1. The highest BCUT2D eigenvalue weighted by molar-refractivity contribution is 9.10. The summed E-state index contributed by atoms with van der Waals surface area (Å²) < 4.78 is 0.935.